The van der Waals surface area contributed by atoms with E-state index < -0.39 is 0 Å². The van der Waals surface area contributed by atoms with Crippen molar-refractivity contribution in [3.8, 4) is 11.5 Å². The third kappa shape index (κ3) is 4.94. The highest BCUT2D eigenvalue weighted by Gasteiger charge is 2.11. The summed E-state index contributed by atoms with van der Waals surface area (Å²) in [5.74, 6) is 1.03. The number of nitrogens with one attached hydrogen (secondary N) is 1. The molecular weight excluding hydrogens is 354 g/mol. The van der Waals surface area contributed by atoms with E-state index in [1.807, 2.05) is 47.2 Å². The van der Waals surface area contributed by atoms with Crippen LogP contribution in [0.15, 0.2) is 78.2 Å². The lowest BCUT2D eigenvalue weighted by molar-refractivity contribution is -0.688. The van der Waals surface area contributed by atoms with E-state index in [4.69, 9.17) is 9.47 Å². The molecule has 3 rings (SSSR count). The average molecular weight is 376 g/mol. The standard InChI is InChI=1S/C22H21N3O3/c1-27-20-10-11-21(28-2)19(13-20)14-23-24-22(26)18-9-6-12-25(16-18)15-17-7-4-3-5-8-17/h3-14,16H,15H2,1-2H3/p+1/b23-14-. The zero-order valence-electron chi connectivity index (χ0n) is 15.8. The number of rotatable bonds is 7. The molecule has 1 aromatic heterocycles. The van der Waals surface area contributed by atoms with Crippen LogP contribution in [0.5, 0.6) is 11.5 Å². The summed E-state index contributed by atoms with van der Waals surface area (Å²) >= 11 is 0. The number of hydrogen-bond acceptors (Lipinski definition) is 4. The molecule has 0 aliphatic heterocycles. The summed E-state index contributed by atoms with van der Waals surface area (Å²) in [6.07, 6.45) is 5.25. The smallest absolute Gasteiger partial charge is 0.277 e. The van der Waals surface area contributed by atoms with E-state index in [0.717, 1.165) is 5.56 Å². The van der Waals surface area contributed by atoms with Crippen LogP contribution in [0.1, 0.15) is 21.5 Å². The van der Waals surface area contributed by atoms with E-state index >= 15 is 0 Å². The van der Waals surface area contributed by atoms with Crippen LogP contribution in [0, 0.1) is 0 Å². The Hall–Kier alpha value is -3.67. The van der Waals surface area contributed by atoms with E-state index in [1.165, 1.54) is 6.21 Å². The molecule has 0 spiro atoms. The first-order valence-electron chi connectivity index (χ1n) is 8.78. The maximum Gasteiger partial charge on any atom is 0.277 e. The van der Waals surface area contributed by atoms with Gasteiger partial charge in [-0.15, -0.1) is 0 Å². The lowest BCUT2D eigenvalue weighted by atomic mass is 10.2. The molecule has 1 amide bonds. The zero-order chi connectivity index (χ0) is 19.8. The van der Waals surface area contributed by atoms with Gasteiger partial charge in [0.1, 0.15) is 17.1 Å². The SMILES string of the molecule is COc1ccc(OC)c(/C=N\NC(=O)c2ccc[n+](Cc3ccccc3)c2)c1. The van der Waals surface area contributed by atoms with Crippen LogP contribution >= 0.6 is 0 Å². The molecule has 0 unspecified atom stereocenters. The summed E-state index contributed by atoms with van der Waals surface area (Å²) in [7, 11) is 3.16. The highest BCUT2D eigenvalue weighted by atomic mass is 16.5. The Morgan fingerprint density at radius 1 is 1.07 bits per heavy atom. The molecule has 1 N–H and O–H groups in total. The molecule has 0 saturated heterocycles. The van der Waals surface area contributed by atoms with Gasteiger partial charge in [-0.3, -0.25) is 4.79 Å². The van der Waals surface area contributed by atoms with Crippen LogP contribution in [0.2, 0.25) is 0 Å². The number of amides is 1. The minimum Gasteiger partial charge on any atom is -0.497 e. The molecular formula is C22H22N3O3+. The van der Waals surface area contributed by atoms with Gasteiger partial charge < -0.3 is 9.47 Å². The predicted molar refractivity (Wildman–Crippen MR) is 107 cm³/mol. The van der Waals surface area contributed by atoms with Gasteiger partial charge in [-0.25, -0.2) is 5.43 Å². The van der Waals surface area contributed by atoms with Crippen molar-refractivity contribution in [3.63, 3.8) is 0 Å². The maximum absolute atomic E-state index is 12.4. The third-order valence-corrected chi connectivity index (χ3v) is 4.13. The van der Waals surface area contributed by atoms with E-state index in [1.54, 1.807) is 44.7 Å². The number of ether oxygens (including phenoxy) is 2. The molecule has 0 aliphatic carbocycles. The number of methoxy groups -OCH3 is 2. The minimum absolute atomic E-state index is 0.291. The number of carbonyl (C=O) groups is 1. The Balaban J connectivity index is 1.68. The Morgan fingerprint density at radius 2 is 1.89 bits per heavy atom. The fourth-order valence-electron chi connectivity index (χ4n) is 2.71. The van der Waals surface area contributed by atoms with Gasteiger partial charge in [-0.2, -0.15) is 9.67 Å². The second-order valence-corrected chi connectivity index (χ2v) is 6.06. The van der Waals surface area contributed by atoms with Gasteiger partial charge >= 0.3 is 0 Å². The van der Waals surface area contributed by atoms with Gasteiger partial charge in [0.25, 0.3) is 5.91 Å². The second kappa shape index (κ2) is 9.32. The van der Waals surface area contributed by atoms with Crippen molar-refractivity contribution in [3.05, 3.63) is 89.7 Å². The van der Waals surface area contributed by atoms with Crippen molar-refractivity contribution in [2.75, 3.05) is 14.2 Å². The van der Waals surface area contributed by atoms with Gasteiger partial charge in [0.15, 0.2) is 18.9 Å². The molecule has 6 heteroatoms. The topological polar surface area (TPSA) is 63.8 Å². The van der Waals surface area contributed by atoms with Crippen LogP contribution < -0.4 is 19.5 Å². The van der Waals surface area contributed by atoms with E-state index in [2.05, 4.69) is 10.5 Å². The first-order valence-corrected chi connectivity index (χ1v) is 8.78. The molecule has 0 bridgehead atoms. The maximum atomic E-state index is 12.4. The fraction of sp³-hybridized carbons (Fsp3) is 0.136. The van der Waals surface area contributed by atoms with E-state index in [9.17, 15) is 4.79 Å². The van der Waals surface area contributed by atoms with E-state index in [0.29, 0.717) is 29.2 Å². The molecule has 142 valence electrons. The van der Waals surface area contributed by atoms with E-state index in [-0.39, 0.29) is 5.91 Å². The predicted octanol–water partition coefficient (Wildman–Crippen LogP) is 2.80. The molecule has 0 fully saturated rings. The van der Waals surface area contributed by atoms with Gasteiger partial charge in [0.05, 0.1) is 20.4 Å². The van der Waals surface area contributed by atoms with Gasteiger partial charge in [-0.1, -0.05) is 30.3 Å². The number of aromatic nitrogens is 1. The number of pyridine rings is 1. The van der Waals surface area contributed by atoms with Crippen LogP contribution in [0.4, 0.5) is 0 Å². The highest BCUT2D eigenvalue weighted by Crippen LogP contribution is 2.22. The zero-order valence-corrected chi connectivity index (χ0v) is 15.8. The molecule has 2 aromatic carbocycles. The molecule has 1 heterocycles. The Kier molecular flexibility index (Phi) is 6.36. The second-order valence-electron chi connectivity index (χ2n) is 6.06. The van der Waals surface area contributed by atoms with Crippen LogP contribution in [-0.2, 0) is 6.54 Å². The van der Waals surface area contributed by atoms with Crippen molar-refractivity contribution in [2.45, 2.75) is 6.54 Å². The fourth-order valence-corrected chi connectivity index (χ4v) is 2.71. The number of nitrogens with zero attached hydrogens (tertiary/aromatic N) is 2. The normalized spacial score (nSPS) is 10.6. The summed E-state index contributed by atoms with van der Waals surface area (Å²) in [6, 6.07) is 19.0. The van der Waals surface area contributed by atoms with Crippen molar-refractivity contribution < 1.29 is 18.8 Å². The van der Waals surface area contributed by atoms with Crippen molar-refractivity contribution in [1.29, 1.82) is 0 Å². The number of hydrogen-bond donors (Lipinski definition) is 1. The van der Waals surface area contributed by atoms with Crippen LogP contribution in [-0.4, -0.2) is 26.3 Å². The van der Waals surface area contributed by atoms with Gasteiger partial charge in [-0.05, 0) is 24.3 Å². The molecule has 0 radical (unpaired) electrons. The minimum atomic E-state index is -0.291. The van der Waals surface area contributed by atoms with Crippen LogP contribution in [0.3, 0.4) is 0 Å². The molecule has 3 aromatic rings. The Bertz CT molecular complexity index is 972. The summed E-state index contributed by atoms with van der Waals surface area (Å²) in [5, 5.41) is 4.05. The molecule has 0 saturated carbocycles. The first-order chi connectivity index (χ1) is 13.7. The first kappa shape index (κ1) is 19.1. The van der Waals surface area contributed by atoms with Crippen LogP contribution in [0.25, 0.3) is 0 Å². The van der Waals surface area contributed by atoms with Gasteiger partial charge in [0.2, 0.25) is 0 Å². The summed E-state index contributed by atoms with van der Waals surface area (Å²) in [6.45, 7) is 0.687. The molecule has 6 nitrogen and oxygen atoms in total. The summed E-state index contributed by atoms with van der Waals surface area (Å²) in [5.41, 5.74) is 4.93. The highest BCUT2D eigenvalue weighted by molar-refractivity contribution is 5.94. The lowest BCUT2D eigenvalue weighted by Crippen LogP contribution is -2.35. The number of benzene rings is 2. The largest absolute Gasteiger partial charge is 0.497 e. The Labute approximate surface area is 164 Å². The number of hydrazone groups is 1. The lowest BCUT2D eigenvalue weighted by Gasteiger charge is -2.06. The van der Waals surface area contributed by atoms with Gasteiger partial charge in [0, 0.05) is 17.2 Å². The third-order valence-electron chi connectivity index (χ3n) is 4.13. The van der Waals surface area contributed by atoms with Crippen molar-refractivity contribution in [2.24, 2.45) is 5.10 Å². The number of carbonyl (C=O) groups excluding carboxylic acids is 1. The quantitative estimate of drug-likeness (QED) is 0.392. The summed E-state index contributed by atoms with van der Waals surface area (Å²) in [4.78, 5) is 12.4. The molecule has 0 atom stereocenters. The van der Waals surface area contributed by atoms with Crippen molar-refractivity contribution in [1.82, 2.24) is 5.43 Å². The molecule has 0 aliphatic rings. The average Bonchev–Trinajstić information content (AvgIpc) is 2.74. The molecule has 28 heavy (non-hydrogen) atoms. The monoisotopic (exact) mass is 376 g/mol. The van der Waals surface area contributed by atoms with Crippen molar-refractivity contribution >= 4 is 12.1 Å². The summed E-state index contributed by atoms with van der Waals surface area (Å²) < 4.78 is 12.5. The Morgan fingerprint density at radius 3 is 2.64 bits per heavy atom.